The van der Waals surface area contributed by atoms with Gasteiger partial charge < -0.3 is 14.3 Å². The molecule has 3 rings (SSSR count). The minimum absolute atomic E-state index is 0.453. The summed E-state index contributed by atoms with van der Waals surface area (Å²) in [5.74, 6) is 2.51. The van der Waals surface area contributed by atoms with E-state index in [2.05, 4.69) is 20.4 Å². The van der Waals surface area contributed by atoms with Gasteiger partial charge in [0.1, 0.15) is 0 Å². The van der Waals surface area contributed by atoms with Gasteiger partial charge in [-0.25, -0.2) is 0 Å². The molecule has 0 aliphatic carbocycles. The van der Waals surface area contributed by atoms with Crippen LogP contribution in [0, 0.1) is 5.92 Å². The summed E-state index contributed by atoms with van der Waals surface area (Å²) < 4.78 is 10.5. The first-order valence-electron chi connectivity index (χ1n) is 7.08. The molecule has 1 N–H and O–H groups in total. The summed E-state index contributed by atoms with van der Waals surface area (Å²) in [5, 5.41) is 7.29. The van der Waals surface area contributed by atoms with E-state index in [9.17, 15) is 0 Å². The van der Waals surface area contributed by atoms with Gasteiger partial charge in [-0.15, -0.1) is 0 Å². The molecule has 1 fully saturated rings. The van der Waals surface area contributed by atoms with Crippen molar-refractivity contribution in [2.45, 2.75) is 19.4 Å². The third kappa shape index (κ3) is 3.08. The molecule has 0 aromatic carbocycles. The number of furan rings is 1. The van der Waals surface area contributed by atoms with E-state index < -0.39 is 0 Å². The molecule has 20 heavy (non-hydrogen) atoms. The molecule has 6 heteroatoms. The van der Waals surface area contributed by atoms with Crippen LogP contribution in [0.4, 0.5) is 0 Å². The van der Waals surface area contributed by atoms with Crippen molar-refractivity contribution in [1.82, 2.24) is 20.4 Å². The van der Waals surface area contributed by atoms with Crippen LogP contribution < -0.4 is 5.32 Å². The summed E-state index contributed by atoms with van der Waals surface area (Å²) in [5.41, 5.74) is 0. The lowest BCUT2D eigenvalue weighted by molar-refractivity contribution is 0.162. The van der Waals surface area contributed by atoms with E-state index in [-0.39, 0.29) is 0 Å². The number of likely N-dealkylation sites (tertiary alicyclic amines) is 1. The Bertz CT molecular complexity index is 521. The Hall–Kier alpha value is -1.66. The molecule has 1 atom stereocenters. The van der Waals surface area contributed by atoms with Crippen LogP contribution in [0.15, 0.2) is 27.3 Å². The maximum absolute atomic E-state index is 5.25. The predicted octanol–water partition coefficient (Wildman–Crippen LogP) is 1.76. The first-order valence-corrected chi connectivity index (χ1v) is 7.08. The molecule has 1 aliphatic rings. The quantitative estimate of drug-likeness (QED) is 0.897. The number of hydrogen-bond donors (Lipinski definition) is 1. The molecule has 6 nitrogen and oxygen atoms in total. The molecule has 1 saturated heterocycles. The molecule has 0 amide bonds. The van der Waals surface area contributed by atoms with Gasteiger partial charge in [-0.2, -0.15) is 4.98 Å². The van der Waals surface area contributed by atoms with Gasteiger partial charge in [0, 0.05) is 6.54 Å². The van der Waals surface area contributed by atoms with Crippen molar-refractivity contribution in [3.8, 4) is 11.7 Å². The van der Waals surface area contributed by atoms with Crippen LogP contribution in [-0.2, 0) is 6.54 Å². The van der Waals surface area contributed by atoms with Crippen molar-refractivity contribution in [3.63, 3.8) is 0 Å². The second kappa shape index (κ2) is 6.19. The summed E-state index contributed by atoms with van der Waals surface area (Å²) >= 11 is 0. The van der Waals surface area contributed by atoms with Crippen molar-refractivity contribution < 1.29 is 8.94 Å². The van der Waals surface area contributed by atoms with E-state index in [0.29, 0.717) is 17.6 Å². The van der Waals surface area contributed by atoms with E-state index >= 15 is 0 Å². The van der Waals surface area contributed by atoms with E-state index in [1.165, 1.54) is 12.8 Å². The lowest BCUT2D eigenvalue weighted by atomic mass is 9.98. The Labute approximate surface area is 118 Å². The molecule has 108 valence electrons. The smallest absolute Gasteiger partial charge is 0.293 e. The lowest BCUT2D eigenvalue weighted by Gasteiger charge is -2.31. The number of aromatic nitrogens is 2. The molecule has 2 aromatic rings. The normalized spacial score (nSPS) is 20.4. The highest BCUT2D eigenvalue weighted by atomic mass is 16.5. The Balaban J connectivity index is 1.60. The van der Waals surface area contributed by atoms with Gasteiger partial charge in [0.15, 0.2) is 11.6 Å². The zero-order valence-corrected chi connectivity index (χ0v) is 11.7. The van der Waals surface area contributed by atoms with Gasteiger partial charge in [-0.05, 0) is 51.0 Å². The van der Waals surface area contributed by atoms with Crippen molar-refractivity contribution in [1.29, 1.82) is 0 Å². The molecule has 2 aromatic heterocycles. The molecule has 0 spiro atoms. The van der Waals surface area contributed by atoms with Gasteiger partial charge >= 0.3 is 0 Å². The molecule has 0 bridgehead atoms. The Morgan fingerprint density at radius 1 is 1.50 bits per heavy atom. The topological polar surface area (TPSA) is 67.3 Å². The molecule has 0 saturated carbocycles. The fraction of sp³-hybridized carbons (Fsp3) is 0.571. The first kappa shape index (κ1) is 13.3. The zero-order valence-electron chi connectivity index (χ0n) is 11.7. The maximum atomic E-state index is 5.25. The highest BCUT2D eigenvalue weighted by Gasteiger charge is 2.21. The van der Waals surface area contributed by atoms with Gasteiger partial charge in [-0.1, -0.05) is 5.16 Å². The minimum Gasteiger partial charge on any atom is -0.459 e. The number of rotatable bonds is 5. The molecule has 0 radical (unpaired) electrons. The average molecular weight is 276 g/mol. The van der Waals surface area contributed by atoms with E-state index in [1.807, 2.05) is 19.2 Å². The summed E-state index contributed by atoms with van der Waals surface area (Å²) in [6.45, 7) is 4.00. The molecule has 3 heterocycles. The van der Waals surface area contributed by atoms with Crippen LogP contribution in [0.1, 0.15) is 18.7 Å². The third-order valence-electron chi connectivity index (χ3n) is 3.66. The molecule has 1 unspecified atom stereocenters. The standard InChI is InChI=1S/C14H20N4O2/c1-15-8-11-4-2-6-18(9-11)10-13-16-14(20-17-13)12-5-3-7-19-12/h3,5,7,11,15H,2,4,6,8-10H2,1H3. The van der Waals surface area contributed by atoms with Crippen molar-refractivity contribution in [2.24, 2.45) is 5.92 Å². The van der Waals surface area contributed by atoms with E-state index in [0.717, 1.165) is 32.0 Å². The number of nitrogens with zero attached hydrogens (tertiary/aromatic N) is 3. The van der Waals surface area contributed by atoms with Gasteiger partial charge in [-0.3, -0.25) is 4.90 Å². The number of nitrogens with one attached hydrogen (secondary N) is 1. The summed E-state index contributed by atoms with van der Waals surface area (Å²) in [6, 6.07) is 3.63. The van der Waals surface area contributed by atoms with Crippen LogP contribution in [0.3, 0.4) is 0 Å². The fourth-order valence-electron chi connectivity index (χ4n) is 2.77. The lowest BCUT2D eigenvalue weighted by Crippen LogP contribution is -2.38. The summed E-state index contributed by atoms with van der Waals surface area (Å²) in [6.07, 6.45) is 4.13. The van der Waals surface area contributed by atoms with Crippen molar-refractivity contribution in [3.05, 3.63) is 24.2 Å². The zero-order chi connectivity index (χ0) is 13.8. The summed E-state index contributed by atoms with van der Waals surface area (Å²) in [4.78, 5) is 6.78. The van der Waals surface area contributed by atoms with Crippen LogP contribution in [0.5, 0.6) is 0 Å². The largest absolute Gasteiger partial charge is 0.459 e. The van der Waals surface area contributed by atoms with Crippen LogP contribution in [-0.4, -0.2) is 41.7 Å². The van der Waals surface area contributed by atoms with Gasteiger partial charge in [0.2, 0.25) is 0 Å². The van der Waals surface area contributed by atoms with Crippen molar-refractivity contribution in [2.75, 3.05) is 26.7 Å². The third-order valence-corrected chi connectivity index (χ3v) is 3.66. The average Bonchev–Trinajstić information content (AvgIpc) is 3.10. The molecular weight excluding hydrogens is 256 g/mol. The Kier molecular flexibility index (Phi) is 4.13. The highest BCUT2D eigenvalue weighted by Crippen LogP contribution is 2.20. The van der Waals surface area contributed by atoms with Crippen molar-refractivity contribution >= 4 is 0 Å². The minimum atomic E-state index is 0.453. The van der Waals surface area contributed by atoms with Gasteiger partial charge in [0.25, 0.3) is 5.89 Å². The Morgan fingerprint density at radius 3 is 3.25 bits per heavy atom. The highest BCUT2D eigenvalue weighted by molar-refractivity contribution is 5.42. The molecule has 1 aliphatic heterocycles. The maximum Gasteiger partial charge on any atom is 0.293 e. The summed E-state index contributed by atoms with van der Waals surface area (Å²) in [7, 11) is 2.01. The number of piperidine rings is 1. The van der Waals surface area contributed by atoms with Crippen LogP contribution >= 0.6 is 0 Å². The van der Waals surface area contributed by atoms with Gasteiger partial charge in [0.05, 0.1) is 12.8 Å². The second-order valence-corrected chi connectivity index (χ2v) is 5.29. The monoisotopic (exact) mass is 276 g/mol. The SMILES string of the molecule is CNCC1CCCN(Cc2noc(-c3ccco3)n2)C1. The first-order chi connectivity index (χ1) is 9.85. The molecular formula is C14H20N4O2. The predicted molar refractivity (Wildman–Crippen MR) is 73.9 cm³/mol. The van der Waals surface area contributed by atoms with E-state index in [1.54, 1.807) is 6.26 Å². The second-order valence-electron chi connectivity index (χ2n) is 5.29. The van der Waals surface area contributed by atoms with Crippen LogP contribution in [0.2, 0.25) is 0 Å². The number of hydrogen-bond acceptors (Lipinski definition) is 6. The Morgan fingerprint density at radius 2 is 2.45 bits per heavy atom. The van der Waals surface area contributed by atoms with E-state index in [4.69, 9.17) is 8.94 Å². The van der Waals surface area contributed by atoms with Crippen LogP contribution in [0.25, 0.3) is 11.7 Å². The fourth-order valence-corrected chi connectivity index (χ4v) is 2.77.